The molecule has 13 heteroatoms. The average Bonchev–Trinajstić information content (AvgIpc) is 3.50. The van der Waals surface area contributed by atoms with Crippen LogP contribution in [0.1, 0.15) is 48.0 Å². The summed E-state index contributed by atoms with van der Waals surface area (Å²) in [7, 11) is 6.55. The summed E-state index contributed by atoms with van der Waals surface area (Å²) in [5.41, 5.74) is 0.729. The van der Waals surface area contributed by atoms with Gasteiger partial charge in [-0.25, -0.2) is 4.98 Å². The predicted octanol–water partition coefficient (Wildman–Crippen LogP) is 5.02. The second-order valence-corrected chi connectivity index (χ2v) is 11.9. The molecule has 0 bridgehead atoms. The van der Waals surface area contributed by atoms with Crippen LogP contribution in [-0.2, 0) is 11.0 Å². The van der Waals surface area contributed by atoms with Crippen LogP contribution in [-0.4, -0.2) is 103 Å². The minimum atomic E-state index is -4.67. The Morgan fingerprint density at radius 1 is 1.09 bits per heavy atom. The Balaban J connectivity index is 0.000000406. The molecular weight excluding hydrogens is 597 g/mol. The molecule has 46 heavy (non-hydrogen) atoms. The molecule has 5 rings (SSSR count). The molecule has 3 heterocycles. The summed E-state index contributed by atoms with van der Waals surface area (Å²) in [6.45, 7) is 13.9. The van der Waals surface area contributed by atoms with Gasteiger partial charge in [0.15, 0.2) is 0 Å². The van der Waals surface area contributed by atoms with Gasteiger partial charge in [0.25, 0.3) is 0 Å². The van der Waals surface area contributed by atoms with Gasteiger partial charge in [0.05, 0.1) is 12.5 Å². The fraction of sp³-hybridized carbons (Fsp3) is 0.515. The van der Waals surface area contributed by atoms with E-state index in [9.17, 15) is 22.8 Å². The number of hydrogen-bond acceptors (Lipinski definition) is 9. The van der Waals surface area contributed by atoms with Crippen molar-refractivity contribution in [3.8, 4) is 0 Å². The van der Waals surface area contributed by atoms with Crippen molar-refractivity contribution in [3.63, 3.8) is 0 Å². The van der Waals surface area contributed by atoms with E-state index in [0.29, 0.717) is 50.0 Å². The van der Waals surface area contributed by atoms with Crippen molar-refractivity contribution in [2.45, 2.75) is 50.4 Å². The van der Waals surface area contributed by atoms with Gasteiger partial charge in [-0.3, -0.25) is 9.59 Å². The SMILES string of the molecule is C=C.C=C1CN(C(=O)C2CCCC2Nc2nc(Nc3ccc(C=O)cc3)ncc2C(F)(F)F)CCN1.CN1CCC(N(C)C)CC1. The molecule has 2 unspecified atom stereocenters. The van der Waals surface area contributed by atoms with Gasteiger partial charge in [0.1, 0.15) is 17.7 Å². The number of likely N-dealkylation sites (tertiary alicyclic amines) is 1. The molecule has 0 radical (unpaired) electrons. The predicted molar refractivity (Wildman–Crippen MR) is 176 cm³/mol. The summed E-state index contributed by atoms with van der Waals surface area (Å²) in [6, 6.07) is 6.69. The van der Waals surface area contributed by atoms with E-state index in [-0.39, 0.29) is 17.7 Å². The van der Waals surface area contributed by atoms with Crippen LogP contribution >= 0.6 is 0 Å². The molecule has 2 aromatic rings. The first-order chi connectivity index (χ1) is 21.9. The van der Waals surface area contributed by atoms with Crippen molar-refractivity contribution < 1.29 is 22.8 Å². The smallest absolute Gasteiger partial charge is 0.386 e. The van der Waals surface area contributed by atoms with Gasteiger partial charge in [-0.1, -0.05) is 13.0 Å². The number of alkyl halides is 3. The van der Waals surface area contributed by atoms with E-state index in [1.165, 1.54) is 25.9 Å². The van der Waals surface area contributed by atoms with E-state index in [4.69, 9.17) is 0 Å². The quantitative estimate of drug-likeness (QED) is 0.283. The number of benzene rings is 1. The number of nitrogens with zero attached hydrogens (tertiary/aromatic N) is 5. The van der Waals surface area contributed by atoms with Gasteiger partial charge >= 0.3 is 6.18 Å². The first kappa shape index (κ1) is 36.5. The Morgan fingerprint density at radius 3 is 2.35 bits per heavy atom. The summed E-state index contributed by atoms with van der Waals surface area (Å²) >= 11 is 0. The molecule has 3 aliphatic rings. The lowest BCUT2D eigenvalue weighted by atomic mass is 10.0. The molecule has 1 aromatic carbocycles. The van der Waals surface area contributed by atoms with Crippen molar-refractivity contribution >= 4 is 29.6 Å². The zero-order valence-corrected chi connectivity index (χ0v) is 27.1. The Morgan fingerprint density at radius 2 is 1.76 bits per heavy atom. The van der Waals surface area contributed by atoms with E-state index in [0.717, 1.165) is 24.4 Å². The topological polar surface area (TPSA) is 106 Å². The third-order valence-electron chi connectivity index (χ3n) is 8.42. The van der Waals surface area contributed by atoms with Crippen LogP contribution in [0.25, 0.3) is 0 Å². The monoisotopic (exact) mass is 644 g/mol. The van der Waals surface area contributed by atoms with Gasteiger partial charge < -0.3 is 30.7 Å². The number of amides is 1. The van der Waals surface area contributed by atoms with E-state index in [1.807, 2.05) is 0 Å². The molecular formula is C33H47F3N8O2. The van der Waals surface area contributed by atoms with E-state index in [1.54, 1.807) is 29.2 Å². The van der Waals surface area contributed by atoms with Crippen molar-refractivity contribution in [2.24, 2.45) is 5.92 Å². The number of anilines is 3. The number of piperidine rings is 1. The lowest BCUT2D eigenvalue weighted by Crippen LogP contribution is -2.49. The molecule has 1 aliphatic carbocycles. The molecule has 0 spiro atoms. The highest BCUT2D eigenvalue weighted by Gasteiger charge is 2.40. The molecule has 252 valence electrons. The maximum absolute atomic E-state index is 13.7. The fourth-order valence-corrected chi connectivity index (χ4v) is 5.80. The van der Waals surface area contributed by atoms with Crippen molar-refractivity contribution in [2.75, 3.05) is 64.5 Å². The molecule has 2 atom stereocenters. The number of aromatic nitrogens is 2. The maximum Gasteiger partial charge on any atom is 0.421 e. The summed E-state index contributed by atoms with van der Waals surface area (Å²) in [4.78, 5) is 38.3. The average molecular weight is 645 g/mol. The van der Waals surface area contributed by atoms with Crippen LogP contribution in [0.15, 0.2) is 55.9 Å². The van der Waals surface area contributed by atoms with Crippen molar-refractivity contribution in [3.05, 3.63) is 67.0 Å². The summed E-state index contributed by atoms with van der Waals surface area (Å²) < 4.78 is 41.1. The summed E-state index contributed by atoms with van der Waals surface area (Å²) in [5.74, 6) is -0.944. The molecule has 10 nitrogen and oxygen atoms in total. The zero-order chi connectivity index (χ0) is 33.9. The Kier molecular flexibility index (Phi) is 13.6. The van der Waals surface area contributed by atoms with Crippen molar-refractivity contribution in [1.82, 2.24) is 30.0 Å². The number of carbonyl (C=O) groups excluding carboxylic acids is 2. The fourth-order valence-electron chi connectivity index (χ4n) is 5.80. The molecule has 3 N–H and O–H groups in total. The molecule has 1 saturated carbocycles. The van der Waals surface area contributed by atoms with E-state index in [2.05, 4.69) is 76.6 Å². The second kappa shape index (κ2) is 17.1. The first-order valence-electron chi connectivity index (χ1n) is 15.5. The molecule has 2 saturated heterocycles. The lowest BCUT2D eigenvalue weighted by Gasteiger charge is -2.33. The normalized spacial score (nSPS) is 20.5. The van der Waals surface area contributed by atoms with Crippen LogP contribution in [0.5, 0.6) is 0 Å². The lowest BCUT2D eigenvalue weighted by molar-refractivity contribution is -0.137. The number of hydrogen-bond donors (Lipinski definition) is 3. The van der Waals surface area contributed by atoms with Crippen LogP contribution in [0, 0.1) is 5.92 Å². The minimum Gasteiger partial charge on any atom is -0.386 e. The summed E-state index contributed by atoms with van der Waals surface area (Å²) in [5, 5.41) is 8.85. The van der Waals surface area contributed by atoms with Gasteiger partial charge in [0.2, 0.25) is 11.9 Å². The summed E-state index contributed by atoms with van der Waals surface area (Å²) in [6.07, 6.45) is 1.29. The highest BCUT2D eigenvalue weighted by molar-refractivity contribution is 5.81. The van der Waals surface area contributed by atoms with Gasteiger partial charge in [-0.05, 0) is 84.2 Å². The Hall–Kier alpha value is -3.97. The highest BCUT2D eigenvalue weighted by Crippen LogP contribution is 2.37. The third-order valence-corrected chi connectivity index (χ3v) is 8.42. The van der Waals surface area contributed by atoms with Gasteiger partial charge in [0, 0.05) is 48.3 Å². The van der Waals surface area contributed by atoms with Crippen molar-refractivity contribution in [1.29, 1.82) is 0 Å². The molecule has 2 aliphatic heterocycles. The highest BCUT2D eigenvalue weighted by atomic mass is 19.4. The van der Waals surface area contributed by atoms with Gasteiger partial charge in [-0.2, -0.15) is 18.2 Å². The maximum atomic E-state index is 13.7. The second-order valence-electron chi connectivity index (χ2n) is 11.9. The van der Waals surface area contributed by atoms with Crippen LogP contribution in [0.3, 0.4) is 0 Å². The van der Waals surface area contributed by atoms with Gasteiger partial charge in [-0.15, -0.1) is 13.2 Å². The Bertz CT molecular complexity index is 1300. The van der Waals surface area contributed by atoms with E-state index < -0.39 is 23.7 Å². The van der Waals surface area contributed by atoms with E-state index >= 15 is 0 Å². The number of piperazine rings is 1. The molecule has 3 fully saturated rings. The van der Waals surface area contributed by atoms with Crippen LogP contribution in [0.2, 0.25) is 0 Å². The minimum absolute atomic E-state index is 0.0337. The Labute approximate surface area is 270 Å². The number of aldehydes is 1. The van der Waals surface area contributed by atoms with Crippen LogP contribution in [0.4, 0.5) is 30.6 Å². The number of rotatable bonds is 7. The number of carbonyl (C=O) groups is 2. The number of nitrogens with one attached hydrogen (secondary N) is 3. The number of halogens is 3. The first-order valence-corrected chi connectivity index (χ1v) is 15.5. The third kappa shape index (κ3) is 10.3. The standard InChI is InChI=1S/C23H25F3N6O2.C8H18N2.C2H4/c1-14-12-32(10-9-27-14)21(34)17-3-2-4-19(17)30-20-18(23(24,25)26)11-28-22(31-20)29-16-7-5-15(13-33)6-8-16;1-9(2)8-4-6-10(3)7-5-8;1-2/h5-8,11,13,17,19,27H,1-4,9-10,12H2,(H2,28,29,30,31);8H,4-7H2,1-3H3;1-2H2. The molecule has 1 aromatic heterocycles. The molecule has 1 amide bonds. The van der Waals surface area contributed by atoms with Crippen LogP contribution < -0.4 is 16.0 Å². The zero-order valence-electron chi connectivity index (χ0n) is 27.1. The largest absolute Gasteiger partial charge is 0.421 e.